The molecule has 0 saturated heterocycles. The lowest BCUT2D eigenvalue weighted by atomic mass is 10.1. The summed E-state index contributed by atoms with van der Waals surface area (Å²) in [5.41, 5.74) is 1.72. The van der Waals surface area contributed by atoms with Crippen LogP contribution in [0.15, 0.2) is 60.8 Å². The van der Waals surface area contributed by atoms with Crippen LogP contribution in [0.3, 0.4) is 0 Å². The van der Waals surface area contributed by atoms with E-state index in [1.165, 1.54) is 0 Å². The Bertz CT molecular complexity index is 955. The fourth-order valence-electron chi connectivity index (χ4n) is 2.62. The first kappa shape index (κ1) is 19.2. The van der Waals surface area contributed by atoms with E-state index in [0.717, 1.165) is 5.56 Å². The number of carbonyl (C=O) groups is 1. The Hall–Kier alpha value is -3.54. The van der Waals surface area contributed by atoms with E-state index in [1.54, 1.807) is 37.4 Å². The number of ether oxygens (including phenoxy) is 2. The molecule has 0 atom stereocenters. The zero-order valence-electron chi connectivity index (χ0n) is 15.8. The largest absolute Gasteiger partial charge is 0.507 e. The fourth-order valence-corrected chi connectivity index (χ4v) is 2.62. The summed E-state index contributed by atoms with van der Waals surface area (Å²) < 4.78 is 11.3. The Kier molecular flexibility index (Phi) is 6.11. The SMILES string of the molecule is CCOc1ccccc1Oc1ccc(CNC(=O)c2cccc(C)c2O)cn1. The summed E-state index contributed by atoms with van der Waals surface area (Å²) in [6.45, 7) is 4.49. The van der Waals surface area contributed by atoms with Gasteiger partial charge in [0.2, 0.25) is 5.88 Å². The standard InChI is InChI=1S/C22H22N2O4/c1-3-27-18-9-4-5-10-19(18)28-20-12-11-16(13-23-20)14-24-22(26)17-8-6-7-15(2)21(17)25/h4-13,25H,3,14H2,1-2H3,(H,24,26). The number of rotatable bonds is 7. The molecule has 0 aliphatic carbocycles. The molecule has 6 nitrogen and oxygen atoms in total. The van der Waals surface area contributed by atoms with E-state index in [1.807, 2.05) is 37.3 Å². The highest BCUT2D eigenvalue weighted by atomic mass is 16.5. The highest BCUT2D eigenvalue weighted by Crippen LogP contribution is 2.30. The maximum absolute atomic E-state index is 12.3. The molecule has 144 valence electrons. The first-order valence-corrected chi connectivity index (χ1v) is 9.00. The van der Waals surface area contributed by atoms with Crippen molar-refractivity contribution in [1.29, 1.82) is 0 Å². The van der Waals surface area contributed by atoms with E-state index >= 15 is 0 Å². The summed E-state index contributed by atoms with van der Waals surface area (Å²) in [6, 6.07) is 16.0. The Morgan fingerprint density at radius 2 is 1.86 bits per heavy atom. The number of aromatic hydroxyl groups is 1. The third-order valence-electron chi connectivity index (χ3n) is 4.10. The second-order valence-corrected chi connectivity index (χ2v) is 6.14. The number of phenolic OH excluding ortho intramolecular Hbond substituents is 1. The van der Waals surface area contributed by atoms with E-state index in [0.29, 0.717) is 29.5 Å². The van der Waals surface area contributed by atoms with Gasteiger partial charge in [-0.25, -0.2) is 4.98 Å². The molecule has 1 amide bonds. The van der Waals surface area contributed by atoms with E-state index in [4.69, 9.17) is 9.47 Å². The Labute approximate surface area is 163 Å². The molecule has 0 radical (unpaired) electrons. The molecule has 0 aliphatic heterocycles. The molecular formula is C22H22N2O4. The first-order chi connectivity index (χ1) is 13.6. The summed E-state index contributed by atoms with van der Waals surface area (Å²) in [5.74, 6) is 1.33. The average Bonchev–Trinajstić information content (AvgIpc) is 2.71. The van der Waals surface area contributed by atoms with Gasteiger partial charge in [0.25, 0.3) is 5.91 Å². The van der Waals surface area contributed by atoms with Gasteiger partial charge in [-0.2, -0.15) is 0 Å². The van der Waals surface area contributed by atoms with Gasteiger partial charge in [0.15, 0.2) is 11.5 Å². The molecule has 2 aromatic carbocycles. The Morgan fingerprint density at radius 1 is 1.07 bits per heavy atom. The van der Waals surface area contributed by atoms with Crippen LogP contribution in [0, 0.1) is 6.92 Å². The van der Waals surface area contributed by atoms with Gasteiger partial charge in [-0.3, -0.25) is 4.79 Å². The topological polar surface area (TPSA) is 80.7 Å². The van der Waals surface area contributed by atoms with Gasteiger partial charge in [0, 0.05) is 18.8 Å². The Balaban J connectivity index is 1.62. The molecule has 28 heavy (non-hydrogen) atoms. The van der Waals surface area contributed by atoms with Gasteiger partial charge >= 0.3 is 0 Å². The number of nitrogens with one attached hydrogen (secondary N) is 1. The molecule has 0 saturated carbocycles. The molecule has 0 fully saturated rings. The third kappa shape index (κ3) is 4.59. The summed E-state index contributed by atoms with van der Waals surface area (Å²) in [5, 5.41) is 12.8. The number of pyridine rings is 1. The molecule has 6 heteroatoms. The molecular weight excluding hydrogens is 356 g/mol. The smallest absolute Gasteiger partial charge is 0.255 e. The average molecular weight is 378 g/mol. The lowest BCUT2D eigenvalue weighted by molar-refractivity contribution is 0.0948. The van der Waals surface area contributed by atoms with Crippen LogP contribution in [0.5, 0.6) is 23.1 Å². The maximum atomic E-state index is 12.3. The van der Waals surface area contributed by atoms with Crippen molar-refractivity contribution in [2.75, 3.05) is 6.61 Å². The number of amides is 1. The van der Waals surface area contributed by atoms with Crippen LogP contribution in [0.2, 0.25) is 0 Å². The van der Waals surface area contributed by atoms with Crippen molar-refractivity contribution < 1.29 is 19.4 Å². The highest BCUT2D eigenvalue weighted by molar-refractivity contribution is 5.97. The number of phenols is 1. The van der Waals surface area contributed by atoms with Gasteiger partial charge in [0.1, 0.15) is 5.75 Å². The molecule has 2 N–H and O–H groups in total. The molecule has 1 aromatic heterocycles. The van der Waals surface area contributed by atoms with Crippen molar-refractivity contribution >= 4 is 5.91 Å². The Morgan fingerprint density at radius 3 is 2.57 bits per heavy atom. The molecule has 3 rings (SSSR count). The third-order valence-corrected chi connectivity index (χ3v) is 4.10. The van der Waals surface area contributed by atoms with Crippen LogP contribution < -0.4 is 14.8 Å². The van der Waals surface area contributed by atoms with Crippen molar-refractivity contribution in [3.05, 3.63) is 77.5 Å². The second-order valence-electron chi connectivity index (χ2n) is 6.14. The van der Waals surface area contributed by atoms with Gasteiger partial charge < -0.3 is 19.9 Å². The van der Waals surface area contributed by atoms with Crippen LogP contribution in [0.4, 0.5) is 0 Å². The van der Waals surface area contributed by atoms with Crippen molar-refractivity contribution in [3.63, 3.8) is 0 Å². The number of hydrogen-bond donors (Lipinski definition) is 2. The predicted octanol–water partition coefficient (Wildman–Crippen LogP) is 4.22. The van der Waals surface area contributed by atoms with Crippen LogP contribution in [-0.2, 0) is 6.54 Å². The number of para-hydroxylation sites is 3. The van der Waals surface area contributed by atoms with E-state index in [2.05, 4.69) is 10.3 Å². The highest BCUT2D eigenvalue weighted by Gasteiger charge is 2.12. The fraction of sp³-hybridized carbons (Fsp3) is 0.182. The summed E-state index contributed by atoms with van der Waals surface area (Å²) in [4.78, 5) is 16.5. The van der Waals surface area contributed by atoms with Crippen molar-refractivity contribution in [2.24, 2.45) is 0 Å². The van der Waals surface area contributed by atoms with Crippen LogP contribution in [-0.4, -0.2) is 22.6 Å². The quantitative estimate of drug-likeness (QED) is 0.643. The molecule has 0 unspecified atom stereocenters. The predicted molar refractivity (Wildman–Crippen MR) is 106 cm³/mol. The van der Waals surface area contributed by atoms with Gasteiger partial charge in [-0.05, 0) is 43.2 Å². The second kappa shape index (κ2) is 8.90. The van der Waals surface area contributed by atoms with E-state index in [9.17, 15) is 9.90 Å². The van der Waals surface area contributed by atoms with Crippen LogP contribution in [0.25, 0.3) is 0 Å². The lowest BCUT2D eigenvalue weighted by Gasteiger charge is -2.11. The zero-order chi connectivity index (χ0) is 19.9. The minimum absolute atomic E-state index is 0.00478. The van der Waals surface area contributed by atoms with Gasteiger partial charge in [0.05, 0.1) is 12.2 Å². The minimum Gasteiger partial charge on any atom is -0.507 e. The summed E-state index contributed by atoms with van der Waals surface area (Å²) in [7, 11) is 0. The monoisotopic (exact) mass is 378 g/mol. The number of aryl methyl sites for hydroxylation is 1. The van der Waals surface area contributed by atoms with Crippen molar-refractivity contribution in [3.8, 4) is 23.1 Å². The van der Waals surface area contributed by atoms with Gasteiger partial charge in [-0.15, -0.1) is 0 Å². The van der Waals surface area contributed by atoms with E-state index < -0.39 is 0 Å². The normalized spacial score (nSPS) is 10.4. The molecule has 1 heterocycles. The summed E-state index contributed by atoms with van der Waals surface area (Å²) >= 11 is 0. The maximum Gasteiger partial charge on any atom is 0.255 e. The van der Waals surface area contributed by atoms with Crippen LogP contribution in [0.1, 0.15) is 28.4 Å². The number of aromatic nitrogens is 1. The van der Waals surface area contributed by atoms with E-state index in [-0.39, 0.29) is 23.8 Å². The number of nitrogens with zero attached hydrogens (tertiary/aromatic N) is 1. The number of benzene rings is 2. The zero-order valence-corrected chi connectivity index (χ0v) is 15.8. The molecule has 0 aliphatic rings. The van der Waals surface area contributed by atoms with Crippen molar-refractivity contribution in [1.82, 2.24) is 10.3 Å². The number of hydrogen-bond acceptors (Lipinski definition) is 5. The molecule has 0 bridgehead atoms. The summed E-state index contributed by atoms with van der Waals surface area (Å²) in [6.07, 6.45) is 1.63. The minimum atomic E-state index is -0.341. The molecule has 0 spiro atoms. The van der Waals surface area contributed by atoms with Gasteiger partial charge in [-0.1, -0.05) is 30.3 Å². The van der Waals surface area contributed by atoms with Crippen LogP contribution >= 0.6 is 0 Å². The molecule has 3 aromatic rings. The first-order valence-electron chi connectivity index (χ1n) is 9.00. The number of carbonyl (C=O) groups excluding carboxylic acids is 1. The lowest BCUT2D eigenvalue weighted by Crippen LogP contribution is -2.23. The van der Waals surface area contributed by atoms with Crippen molar-refractivity contribution in [2.45, 2.75) is 20.4 Å².